The lowest BCUT2D eigenvalue weighted by Crippen LogP contribution is -2.29. The van der Waals surface area contributed by atoms with Crippen molar-refractivity contribution in [3.63, 3.8) is 0 Å². The zero-order valence-electron chi connectivity index (χ0n) is 10.4. The molecule has 4 heteroatoms. The number of alkyl halides is 1. The minimum atomic E-state index is 0.937. The summed E-state index contributed by atoms with van der Waals surface area (Å²) in [6.07, 6.45) is 3.83. The second-order valence-electron chi connectivity index (χ2n) is 4.22. The molecule has 1 heterocycles. The molecule has 96 valence electrons. The van der Waals surface area contributed by atoms with E-state index in [1.165, 1.54) is 5.56 Å². The Balaban J connectivity index is 1.87. The average Bonchev–Trinajstić information content (AvgIpc) is 2.91. The molecule has 0 saturated carbocycles. The summed E-state index contributed by atoms with van der Waals surface area (Å²) < 4.78 is 1.98. The van der Waals surface area contributed by atoms with E-state index in [2.05, 4.69) is 56.3 Å². The summed E-state index contributed by atoms with van der Waals surface area (Å²) in [6, 6.07) is 12.6. The number of nitrogens with zero attached hydrogens (tertiary/aromatic N) is 3. The molecule has 0 aliphatic rings. The zero-order valence-corrected chi connectivity index (χ0v) is 12.0. The first kappa shape index (κ1) is 13.3. The first-order valence-electron chi connectivity index (χ1n) is 6.18. The van der Waals surface area contributed by atoms with E-state index in [0.717, 1.165) is 31.5 Å². The Morgan fingerprint density at radius 2 is 1.94 bits per heavy atom. The molecule has 0 amide bonds. The van der Waals surface area contributed by atoms with Crippen LogP contribution >= 0.6 is 15.9 Å². The summed E-state index contributed by atoms with van der Waals surface area (Å²) in [5, 5.41) is 5.23. The normalized spacial score (nSPS) is 11.0. The van der Waals surface area contributed by atoms with Gasteiger partial charge in [0.25, 0.3) is 0 Å². The van der Waals surface area contributed by atoms with Crippen LogP contribution in [0.15, 0.2) is 48.8 Å². The highest BCUT2D eigenvalue weighted by atomic mass is 79.9. The quantitative estimate of drug-likeness (QED) is 0.733. The minimum Gasteiger partial charge on any atom is -0.296 e. The molecule has 0 fully saturated rings. The number of hydrogen-bond acceptors (Lipinski definition) is 2. The van der Waals surface area contributed by atoms with Crippen LogP contribution in [0.5, 0.6) is 0 Å². The molecular formula is C14H18BrN3. The third-order valence-corrected chi connectivity index (χ3v) is 3.21. The fourth-order valence-corrected chi connectivity index (χ4v) is 2.41. The molecule has 0 bridgehead atoms. The van der Waals surface area contributed by atoms with Crippen LogP contribution in [-0.2, 0) is 13.1 Å². The van der Waals surface area contributed by atoms with Crippen molar-refractivity contribution in [1.29, 1.82) is 0 Å². The van der Waals surface area contributed by atoms with Crippen LogP contribution in [0.25, 0.3) is 0 Å². The number of aromatic nitrogens is 2. The monoisotopic (exact) mass is 307 g/mol. The summed E-state index contributed by atoms with van der Waals surface area (Å²) in [4.78, 5) is 2.44. The molecule has 0 N–H and O–H groups in total. The van der Waals surface area contributed by atoms with Crippen LogP contribution in [0.2, 0.25) is 0 Å². The fourth-order valence-electron chi connectivity index (χ4n) is 1.91. The summed E-state index contributed by atoms with van der Waals surface area (Å²) >= 11 is 3.52. The topological polar surface area (TPSA) is 21.1 Å². The van der Waals surface area contributed by atoms with E-state index in [1.54, 1.807) is 0 Å². The summed E-state index contributed by atoms with van der Waals surface area (Å²) in [5.74, 6) is 0. The third-order valence-electron chi connectivity index (χ3n) is 2.85. The number of halogens is 1. The van der Waals surface area contributed by atoms with Crippen LogP contribution in [0, 0.1) is 0 Å². The average molecular weight is 308 g/mol. The Morgan fingerprint density at radius 3 is 2.61 bits per heavy atom. The predicted molar refractivity (Wildman–Crippen MR) is 77.7 cm³/mol. The molecular weight excluding hydrogens is 290 g/mol. The van der Waals surface area contributed by atoms with Gasteiger partial charge in [0.1, 0.15) is 0 Å². The van der Waals surface area contributed by atoms with Gasteiger partial charge in [0, 0.05) is 37.4 Å². The lowest BCUT2D eigenvalue weighted by Gasteiger charge is -2.21. The largest absolute Gasteiger partial charge is 0.296 e. The van der Waals surface area contributed by atoms with Gasteiger partial charge in [-0.1, -0.05) is 46.3 Å². The van der Waals surface area contributed by atoms with Crippen molar-refractivity contribution in [2.75, 3.05) is 18.4 Å². The maximum Gasteiger partial charge on any atom is 0.0536 e. The summed E-state index contributed by atoms with van der Waals surface area (Å²) in [6.45, 7) is 4.00. The third kappa shape index (κ3) is 4.27. The van der Waals surface area contributed by atoms with Gasteiger partial charge < -0.3 is 0 Å². The maximum absolute atomic E-state index is 4.23. The van der Waals surface area contributed by atoms with Gasteiger partial charge in [-0.25, -0.2) is 0 Å². The molecule has 0 atom stereocenters. The highest BCUT2D eigenvalue weighted by Gasteiger charge is 2.05. The summed E-state index contributed by atoms with van der Waals surface area (Å²) in [5.41, 5.74) is 1.36. The molecule has 0 aliphatic heterocycles. The molecule has 3 nitrogen and oxygen atoms in total. The molecule has 1 aromatic carbocycles. The molecule has 0 radical (unpaired) electrons. The highest BCUT2D eigenvalue weighted by Crippen LogP contribution is 2.05. The van der Waals surface area contributed by atoms with Crippen LogP contribution in [0.3, 0.4) is 0 Å². The number of hydrogen-bond donors (Lipinski definition) is 0. The van der Waals surface area contributed by atoms with Crippen molar-refractivity contribution in [3.8, 4) is 0 Å². The Labute approximate surface area is 117 Å². The van der Waals surface area contributed by atoms with Gasteiger partial charge in [-0.2, -0.15) is 5.10 Å². The fraction of sp³-hybridized carbons (Fsp3) is 0.357. The van der Waals surface area contributed by atoms with Gasteiger partial charge in [-0.05, 0) is 11.6 Å². The van der Waals surface area contributed by atoms with Gasteiger partial charge in [-0.15, -0.1) is 0 Å². The van der Waals surface area contributed by atoms with E-state index in [4.69, 9.17) is 0 Å². The van der Waals surface area contributed by atoms with Crippen molar-refractivity contribution >= 4 is 15.9 Å². The Hall–Kier alpha value is -1.13. The molecule has 18 heavy (non-hydrogen) atoms. The van der Waals surface area contributed by atoms with Crippen molar-refractivity contribution in [1.82, 2.24) is 14.7 Å². The lowest BCUT2D eigenvalue weighted by atomic mass is 10.2. The van der Waals surface area contributed by atoms with Gasteiger partial charge in [-0.3, -0.25) is 9.58 Å². The van der Waals surface area contributed by atoms with Gasteiger partial charge in [0.2, 0.25) is 0 Å². The number of benzene rings is 1. The predicted octanol–water partition coefficient (Wildman–Crippen LogP) is 2.78. The molecule has 0 saturated heterocycles. The maximum atomic E-state index is 4.23. The molecule has 2 aromatic rings. The SMILES string of the molecule is BrCCN(CCn1cccn1)Cc1ccccc1. The first-order valence-corrected chi connectivity index (χ1v) is 7.30. The van der Waals surface area contributed by atoms with E-state index in [-0.39, 0.29) is 0 Å². The van der Waals surface area contributed by atoms with Gasteiger partial charge >= 0.3 is 0 Å². The van der Waals surface area contributed by atoms with Crippen LogP contribution in [0.1, 0.15) is 5.56 Å². The molecule has 0 unspecified atom stereocenters. The second-order valence-corrected chi connectivity index (χ2v) is 5.01. The Kier molecular flexibility index (Phi) is 5.42. The van der Waals surface area contributed by atoms with Crippen LogP contribution in [0.4, 0.5) is 0 Å². The van der Waals surface area contributed by atoms with Crippen molar-refractivity contribution in [3.05, 3.63) is 54.4 Å². The Bertz CT molecular complexity index is 428. The van der Waals surface area contributed by atoms with Gasteiger partial charge in [0.15, 0.2) is 0 Å². The molecule has 0 spiro atoms. The van der Waals surface area contributed by atoms with E-state index >= 15 is 0 Å². The highest BCUT2D eigenvalue weighted by molar-refractivity contribution is 9.09. The summed E-state index contributed by atoms with van der Waals surface area (Å²) in [7, 11) is 0. The number of rotatable bonds is 7. The first-order chi connectivity index (χ1) is 8.88. The van der Waals surface area contributed by atoms with E-state index < -0.39 is 0 Å². The van der Waals surface area contributed by atoms with Crippen LogP contribution < -0.4 is 0 Å². The van der Waals surface area contributed by atoms with Crippen molar-refractivity contribution < 1.29 is 0 Å². The lowest BCUT2D eigenvalue weighted by molar-refractivity contribution is 0.266. The van der Waals surface area contributed by atoms with Crippen molar-refractivity contribution in [2.24, 2.45) is 0 Å². The molecule has 2 rings (SSSR count). The smallest absolute Gasteiger partial charge is 0.0536 e. The minimum absolute atomic E-state index is 0.937. The van der Waals surface area contributed by atoms with Crippen LogP contribution in [-0.4, -0.2) is 33.1 Å². The Morgan fingerprint density at radius 1 is 1.11 bits per heavy atom. The molecule has 1 aromatic heterocycles. The van der Waals surface area contributed by atoms with E-state index in [0.29, 0.717) is 0 Å². The van der Waals surface area contributed by atoms with E-state index in [1.807, 2.05) is 23.1 Å². The second kappa shape index (κ2) is 7.34. The van der Waals surface area contributed by atoms with Gasteiger partial charge in [0.05, 0.1) is 6.54 Å². The standard InChI is InChI=1S/C14H18BrN3/c15-7-10-17(11-12-18-9-4-8-16-18)13-14-5-2-1-3-6-14/h1-6,8-9H,7,10-13H2. The van der Waals surface area contributed by atoms with Crippen molar-refractivity contribution in [2.45, 2.75) is 13.1 Å². The zero-order chi connectivity index (χ0) is 12.6. The molecule has 0 aliphatic carbocycles. The van der Waals surface area contributed by atoms with E-state index in [9.17, 15) is 0 Å².